The number of benzene rings is 1. The van der Waals surface area contributed by atoms with Gasteiger partial charge in [0.05, 0.1) is 0 Å². The molecule has 0 saturated carbocycles. The van der Waals surface area contributed by atoms with Crippen LogP contribution < -0.4 is 0 Å². The number of nitrogens with zero attached hydrogens (tertiary/aromatic N) is 3. The average Bonchev–Trinajstić information content (AvgIpc) is 2.79. The third kappa shape index (κ3) is 2.23. The van der Waals surface area contributed by atoms with Gasteiger partial charge in [-0.25, -0.2) is 0 Å². The van der Waals surface area contributed by atoms with Crippen molar-refractivity contribution in [3.05, 3.63) is 53.9 Å². The number of carbonyl (C=O) groups is 1. The predicted octanol–water partition coefficient (Wildman–Crippen LogP) is 1.93. The van der Waals surface area contributed by atoms with Crippen molar-refractivity contribution in [2.75, 3.05) is 0 Å². The lowest BCUT2D eigenvalue weighted by Gasteiger charge is -2.14. The van der Waals surface area contributed by atoms with Crippen LogP contribution >= 0.6 is 0 Å². The number of hydrogen-bond donors (Lipinski definition) is 0. The Morgan fingerprint density at radius 2 is 2.06 bits per heavy atom. The summed E-state index contributed by atoms with van der Waals surface area (Å²) in [6.45, 7) is 1.52. The molecular formula is C13H11N3O. The maximum Gasteiger partial charge on any atom is 0.162 e. The van der Waals surface area contributed by atoms with E-state index in [9.17, 15) is 4.79 Å². The van der Waals surface area contributed by atoms with Gasteiger partial charge in [-0.2, -0.15) is 10.4 Å². The normalized spacial score (nSPS) is 11.8. The van der Waals surface area contributed by atoms with E-state index < -0.39 is 6.04 Å². The summed E-state index contributed by atoms with van der Waals surface area (Å²) in [5, 5.41) is 12.8. The summed E-state index contributed by atoms with van der Waals surface area (Å²) in [5.41, 5.74) is 1.18. The second-order valence-electron chi connectivity index (χ2n) is 3.72. The molecule has 17 heavy (non-hydrogen) atoms. The predicted molar refractivity (Wildman–Crippen MR) is 62.2 cm³/mol. The molecule has 1 heterocycles. The lowest BCUT2D eigenvalue weighted by atomic mass is 10.0. The number of nitriles is 1. The van der Waals surface area contributed by atoms with Gasteiger partial charge in [0.25, 0.3) is 0 Å². The highest BCUT2D eigenvalue weighted by Crippen LogP contribution is 2.18. The number of hydrogen-bond acceptors (Lipinski definition) is 3. The largest absolute Gasteiger partial charge is 0.297 e. The fourth-order valence-electron chi connectivity index (χ4n) is 1.75. The molecule has 84 valence electrons. The molecule has 0 aliphatic heterocycles. The molecule has 4 nitrogen and oxygen atoms in total. The van der Waals surface area contributed by atoms with Crippen LogP contribution in [0.15, 0.2) is 42.6 Å². The minimum Gasteiger partial charge on any atom is -0.297 e. The molecule has 2 aromatic rings. The summed E-state index contributed by atoms with van der Waals surface area (Å²) in [6, 6.07) is 12.5. The first-order valence-corrected chi connectivity index (χ1v) is 5.23. The first-order chi connectivity index (χ1) is 8.22. The Hall–Kier alpha value is -2.41. The summed E-state index contributed by atoms with van der Waals surface area (Å²) in [7, 11) is 0. The van der Waals surface area contributed by atoms with Crippen molar-refractivity contribution in [1.29, 1.82) is 5.26 Å². The molecule has 1 aromatic heterocycles. The molecule has 1 aromatic carbocycles. The van der Waals surface area contributed by atoms with Crippen LogP contribution in [0.5, 0.6) is 0 Å². The summed E-state index contributed by atoms with van der Waals surface area (Å²) in [4.78, 5) is 11.7. The van der Waals surface area contributed by atoms with Crippen LogP contribution in [-0.2, 0) is 4.79 Å². The van der Waals surface area contributed by atoms with Crippen LogP contribution in [0.1, 0.15) is 24.2 Å². The second kappa shape index (κ2) is 4.62. The molecule has 1 atom stereocenters. The molecule has 4 heteroatoms. The van der Waals surface area contributed by atoms with Crippen molar-refractivity contribution in [1.82, 2.24) is 9.78 Å². The molecule has 0 fully saturated rings. The number of ketones is 1. The van der Waals surface area contributed by atoms with Gasteiger partial charge >= 0.3 is 0 Å². The van der Waals surface area contributed by atoms with E-state index in [2.05, 4.69) is 5.10 Å². The Morgan fingerprint density at radius 3 is 2.59 bits per heavy atom. The van der Waals surface area contributed by atoms with Gasteiger partial charge in [0.2, 0.25) is 0 Å². The van der Waals surface area contributed by atoms with Gasteiger partial charge in [0, 0.05) is 6.20 Å². The van der Waals surface area contributed by atoms with Crippen LogP contribution in [0.25, 0.3) is 0 Å². The average molecular weight is 225 g/mol. The van der Waals surface area contributed by atoms with Gasteiger partial charge in [-0.3, -0.25) is 9.48 Å². The number of rotatable bonds is 3. The van der Waals surface area contributed by atoms with Crippen molar-refractivity contribution in [3.8, 4) is 6.07 Å². The highest BCUT2D eigenvalue weighted by Gasteiger charge is 2.19. The molecule has 0 aliphatic rings. The maximum atomic E-state index is 11.7. The minimum absolute atomic E-state index is 0.0104. The SMILES string of the molecule is CC(=O)C(c1ccccc1)n1ccc(C#N)n1. The van der Waals surface area contributed by atoms with E-state index in [-0.39, 0.29) is 5.78 Å². The van der Waals surface area contributed by atoms with Gasteiger partial charge in [-0.1, -0.05) is 30.3 Å². The Balaban J connectivity index is 2.44. The van der Waals surface area contributed by atoms with Gasteiger partial charge in [-0.05, 0) is 18.6 Å². The lowest BCUT2D eigenvalue weighted by molar-refractivity contribution is -0.119. The molecule has 0 spiro atoms. The summed E-state index contributed by atoms with van der Waals surface area (Å²) >= 11 is 0. The zero-order valence-electron chi connectivity index (χ0n) is 9.37. The first-order valence-electron chi connectivity index (χ1n) is 5.23. The van der Waals surface area contributed by atoms with Crippen molar-refractivity contribution in [3.63, 3.8) is 0 Å². The molecule has 2 rings (SSSR count). The van der Waals surface area contributed by atoms with E-state index in [0.29, 0.717) is 5.69 Å². The smallest absolute Gasteiger partial charge is 0.162 e. The third-order valence-electron chi connectivity index (χ3n) is 2.49. The lowest BCUT2D eigenvalue weighted by Crippen LogP contribution is -2.18. The third-order valence-corrected chi connectivity index (χ3v) is 2.49. The van der Waals surface area contributed by atoms with Crippen LogP contribution in [0, 0.1) is 11.3 Å². The molecule has 0 radical (unpaired) electrons. The fourth-order valence-corrected chi connectivity index (χ4v) is 1.75. The summed E-state index contributed by atoms with van der Waals surface area (Å²) < 4.78 is 1.52. The maximum absolute atomic E-state index is 11.7. The van der Waals surface area contributed by atoms with Gasteiger partial charge in [0.1, 0.15) is 12.1 Å². The van der Waals surface area contributed by atoms with E-state index in [1.165, 1.54) is 11.6 Å². The molecule has 1 unspecified atom stereocenters. The van der Waals surface area contributed by atoms with Crippen molar-refractivity contribution < 1.29 is 4.79 Å². The van der Waals surface area contributed by atoms with E-state index in [1.807, 2.05) is 36.4 Å². The van der Waals surface area contributed by atoms with Crippen molar-refractivity contribution in [2.45, 2.75) is 13.0 Å². The van der Waals surface area contributed by atoms with Gasteiger partial charge in [-0.15, -0.1) is 0 Å². The molecule has 0 amide bonds. The number of Topliss-reactive ketones (excluding diaryl/α,β-unsaturated/α-hetero) is 1. The van der Waals surface area contributed by atoms with Gasteiger partial charge < -0.3 is 0 Å². The number of carbonyl (C=O) groups excluding carboxylic acids is 1. The van der Waals surface area contributed by atoms with Crippen LogP contribution in [0.4, 0.5) is 0 Å². The molecule has 0 saturated heterocycles. The fraction of sp³-hybridized carbons (Fsp3) is 0.154. The van der Waals surface area contributed by atoms with E-state index in [0.717, 1.165) is 5.56 Å². The zero-order valence-corrected chi connectivity index (χ0v) is 9.37. The summed E-state index contributed by atoms with van der Waals surface area (Å²) in [5.74, 6) is -0.0104. The summed E-state index contributed by atoms with van der Waals surface area (Å²) in [6.07, 6.45) is 1.65. The second-order valence-corrected chi connectivity index (χ2v) is 3.72. The van der Waals surface area contributed by atoms with Crippen LogP contribution in [0.3, 0.4) is 0 Å². The highest BCUT2D eigenvalue weighted by molar-refractivity contribution is 5.83. The van der Waals surface area contributed by atoms with E-state index in [4.69, 9.17) is 5.26 Å². The highest BCUT2D eigenvalue weighted by atomic mass is 16.1. The first kappa shape index (κ1) is 11.1. The van der Waals surface area contributed by atoms with Gasteiger partial charge in [0.15, 0.2) is 11.5 Å². The Morgan fingerprint density at radius 1 is 1.35 bits per heavy atom. The molecule has 0 aliphatic carbocycles. The topological polar surface area (TPSA) is 58.7 Å². The van der Waals surface area contributed by atoms with E-state index in [1.54, 1.807) is 12.3 Å². The molecule has 0 N–H and O–H groups in total. The van der Waals surface area contributed by atoms with Crippen LogP contribution in [0.2, 0.25) is 0 Å². The molecule has 0 bridgehead atoms. The standard InChI is InChI=1S/C13H11N3O/c1-10(17)13(11-5-3-2-4-6-11)16-8-7-12(9-14)15-16/h2-8,13H,1H3. The number of aromatic nitrogens is 2. The minimum atomic E-state index is -0.460. The Labute approximate surface area is 99.1 Å². The Bertz CT molecular complexity index is 566. The van der Waals surface area contributed by atoms with E-state index >= 15 is 0 Å². The quantitative estimate of drug-likeness (QED) is 0.802. The van der Waals surface area contributed by atoms with Crippen molar-refractivity contribution >= 4 is 5.78 Å². The molecular weight excluding hydrogens is 214 g/mol. The van der Waals surface area contributed by atoms with Crippen molar-refractivity contribution in [2.24, 2.45) is 0 Å². The zero-order chi connectivity index (χ0) is 12.3. The monoisotopic (exact) mass is 225 g/mol. The Kier molecular flexibility index (Phi) is 3.01. The van der Waals surface area contributed by atoms with Crippen LogP contribution in [-0.4, -0.2) is 15.6 Å².